The summed E-state index contributed by atoms with van der Waals surface area (Å²) in [5, 5.41) is 2.34. The summed E-state index contributed by atoms with van der Waals surface area (Å²) in [7, 11) is 3.55. The summed E-state index contributed by atoms with van der Waals surface area (Å²) in [4.78, 5) is 0. The lowest BCUT2D eigenvalue weighted by Gasteiger charge is -2.26. The molecule has 2 unspecified atom stereocenters. The summed E-state index contributed by atoms with van der Waals surface area (Å²) >= 11 is 0. The molecule has 0 fully saturated rings. The smallest absolute Gasteiger partial charge is 0.265 e. The van der Waals surface area contributed by atoms with Crippen LogP contribution in [0.15, 0.2) is 90.7 Å². The van der Waals surface area contributed by atoms with Crippen LogP contribution in [0.2, 0.25) is 0 Å². The molecular weight excluding hydrogens is 438 g/mol. The first-order valence-electron chi connectivity index (χ1n) is 10.2. The van der Waals surface area contributed by atoms with Crippen molar-refractivity contribution in [2.24, 2.45) is 0 Å². The van der Waals surface area contributed by atoms with Gasteiger partial charge in [-0.25, -0.2) is 0 Å². The fourth-order valence-corrected chi connectivity index (χ4v) is 6.11. The third-order valence-electron chi connectivity index (χ3n) is 5.31. The number of hydrogen-bond donors (Lipinski definition) is 0. The second kappa shape index (κ2) is 9.40. The van der Waals surface area contributed by atoms with E-state index in [9.17, 15) is 0 Å². The molecule has 32 heavy (non-hydrogen) atoms. The van der Waals surface area contributed by atoms with E-state index in [1.165, 1.54) is 16.4 Å². The molecule has 0 N–H and O–H groups in total. The van der Waals surface area contributed by atoms with E-state index in [2.05, 4.69) is 42.2 Å². The molecule has 0 aliphatic carbocycles. The summed E-state index contributed by atoms with van der Waals surface area (Å²) in [5.41, 5.74) is 4.76. The third kappa shape index (κ3) is 3.92. The average Bonchev–Trinajstić information content (AvgIpc) is 2.88. The summed E-state index contributed by atoms with van der Waals surface area (Å²) < 4.78 is 22.5. The van der Waals surface area contributed by atoms with Crippen molar-refractivity contribution < 1.29 is 18.5 Å². The molecule has 1 aromatic heterocycles. The average molecular weight is 460 g/mol. The molecule has 2 aliphatic heterocycles. The SMILES string of the molecule is COC1Oc2ccccc2-c2cccpc21.COP1Oc2ccccc2-c2ccccc21. The molecule has 0 amide bonds. The van der Waals surface area contributed by atoms with Gasteiger partial charge in [0.05, 0.1) is 10.6 Å². The zero-order valence-corrected chi connectivity index (χ0v) is 19.6. The fraction of sp³-hybridized carbons (Fsp3) is 0.115. The van der Waals surface area contributed by atoms with E-state index in [0.29, 0.717) is 0 Å². The molecular formula is C26H22O4P2. The van der Waals surface area contributed by atoms with Crippen LogP contribution in [0.25, 0.3) is 22.3 Å². The van der Waals surface area contributed by atoms with Crippen molar-refractivity contribution in [2.45, 2.75) is 6.29 Å². The highest BCUT2D eigenvalue weighted by molar-refractivity contribution is 7.56. The standard InChI is InChI=1S/2C13H11O2P/c1-14-16-13-9-5-3-7-11(13)10-6-2-4-8-12(10)15-16;1-14-13-12-10(6-4-8-16-12)9-5-2-3-7-11(9)15-13/h2-9H,1H3;2-8,13H,1H3. The van der Waals surface area contributed by atoms with Gasteiger partial charge >= 0.3 is 0 Å². The molecule has 2 atom stereocenters. The van der Waals surface area contributed by atoms with Gasteiger partial charge in [0.25, 0.3) is 8.38 Å². The van der Waals surface area contributed by atoms with E-state index in [1.807, 2.05) is 48.5 Å². The molecule has 0 saturated heterocycles. The van der Waals surface area contributed by atoms with Crippen LogP contribution in [0, 0.1) is 0 Å². The van der Waals surface area contributed by atoms with Gasteiger partial charge in [-0.2, -0.15) is 0 Å². The third-order valence-corrected chi connectivity index (χ3v) is 7.84. The van der Waals surface area contributed by atoms with E-state index >= 15 is 0 Å². The van der Waals surface area contributed by atoms with Crippen molar-refractivity contribution in [1.29, 1.82) is 0 Å². The van der Waals surface area contributed by atoms with Crippen LogP contribution in [0.4, 0.5) is 0 Å². The van der Waals surface area contributed by atoms with Crippen LogP contribution < -0.4 is 14.6 Å². The normalized spacial score (nSPS) is 17.4. The highest BCUT2D eigenvalue weighted by Crippen LogP contribution is 2.48. The van der Waals surface area contributed by atoms with Gasteiger partial charge in [-0.3, -0.25) is 0 Å². The Hall–Kier alpha value is -2.74. The molecule has 4 nitrogen and oxygen atoms in total. The Balaban J connectivity index is 0.000000135. The van der Waals surface area contributed by atoms with E-state index in [4.69, 9.17) is 18.5 Å². The lowest BCUT2D eigenvalue weighted by Crippen LogP contribution is -2.14. The van der Waals surface area contributed by atoms with Gasteiger partial charge in [-0.1, -0.05) is 74.9 Å². The molecule has 160 valence electrons. The number of benzene rings is 3. The Bertz CT molecular complexity index is 1150. The zero-order valence-electron chi connectivity index (χ0n) is 17.8. The first kappa shape index (κ1) is 21.1. The Morgan fingerprint density at radius 1 is 0.719 bits per heavy atom. The van der Waals surface area contributed by atoms with Gasteiger partial charge in [-0.15, -0.1) is 0 Å². The molecule has 0 radical (unpaired) electrons. The minimum absolute atomic E-state index is 0.257. The van der Waals surface area contributed by atoms with Crippen molar-refractivity contribution in [3.63, 3.8) is 0 Å². The van der Waals surface area contributed by atoms with Crippen molar-refractivity contribution in [1.82, 2.24) is 0 Å². The van der Waals surface area contributed by atoms with Crippen LogP contribution in [0.5, 0.6) is 11.5 Å². The summed E-state index contributed by atoms with van der Waals surface area (Å²) in [6.45, 7) is 0. The van der Waals surface area contributed by atoms with Gasteiger partial charge in [0.15, 0.2) is 0 Å². The quantitative estimate of drug-likeness (QED) is 0.294. The van der Waals surface area contributed by atoms with Gasteiger partial charge in [0.2, 0.25) is 6.29 Å². The minimum atomic E-state index is -0.972. The Morgan fingerprint density at radius 2 is 1.34 bits per heavy atom. The van der Waals surface area contributed by atoms with Crippen LogP contribution in [0.3, 0.4) is 0 Å². The van der Waals surface area contributed by atoms with E-state index in [-0.39, 0.29) is 6.29 Å². The molecule has 6 heteroatoms. The highest BCUT2D eigenvalue weighted by Gasteiger charge is 2.26. The van der Waals surface area contributed by atoms with Crippen LogP contribution in [0.1, 0.15) is 11.6 Å². The lowest BCUT2D eigenvalue weighted by atomic mass is 10.0. The van der Waals surface area contributed by atoms with E-state index in [0.717, 1.165) is 36.1 Å². The largest absolute Gasteiger partial charge is 0.460 e. The molecule has 3 heterocycles. The monoisotopic (exact) mass is 460 g/mol. The first-order valence-corrected chi connectivity index (χ1v) is 12.4. The van der Waals surface area contributed by atoms with Crippen LogP contribution >= 0.6 is 16.6 Å². The van der Waals surface area contributed by atoms with Gasteiger partial charge in [0.1, 0.15) is 11.5 Å². The van der Waals surface area contributed by atoms with E-state index < -0.39 is 8.38 Å². The van der Waals surface area contributed by atoms with Crippen molar-refractivity contribution in [2.75, 3.05) is 14.2 Å². The first-order chi connectivity index (χ1) is 15.8. The number of fused-ring (bicyclic) bond motifs is 6. The second-order valence-electron chi connectivity index (χ2n) is 7.16. The zero-order chi connectivity index (χ0) is 21.9. The fourth-order valence-electron chi connectivity index (χ4n) is 3.86. The summed E-state index contributed by atoms with van der Waals surface area (Å²) in [5.74, 6) is 3.91. The second-order valence-corrected chi connectivity index (χ2v) is 9.74. The van der Waals surface area contributed by atoms with Crippen LogP contribution in [-0.2, 0) is 9.26 Å². The molecule has 0 spiro atoms. The van der Waals surface area contributed by atoms with Crippen molar-refractivity contribution in [3.05, 3.63) is 96.0 Å². The molecule has 0 saturated carbocycles. The van der Waals surface area contributed by atoms with Gasteiger partial charge < -0.3 is 18.5 Å². The predicted molar refractivity (Wildman–Crippen MR) is 131 cm³/mol. The Kier molecular flexibility index (Phi) is 6.21. The number of ether oxygens (including phenoxy) is 2. The molecule has 3 aromatic carbocycles. The van der Waals surface area contributed by atoms with Crippen molar-refractivity contribution >= 4 is 21.9 Å². The summed E-state index contributed by atoms with van der Waals surface area (Å²) in [6, 6.07) is 28.6. The highest BCUT2D eigenvalue weighted by atomic mass is 31.2. The molecule has 0 bridgehead atoms. The Morgan fingerprint density at radius 3 is 2.09 bits per heavy atom. The van der Waals surface area contributed by atoms with E-state index in [1.54, 1.807) is 14.2 Å². The maximum atomic E-state index is 5.85. The number of methoxy groups -OCH3 is 1. The topological polar surface area (TPSA) is 36.9 Å². The van der Waals surface area contributed by atoms with Gasteiger partial charge in [-0.05, 0) is 35.1 Å². The Labute approximate surface area is 190 Å². The lowest BCUT2D eigenvalue weighted by molar-refractivity contribution is -0.0551. The predicted octanol–water partition coefficient (Wildman–Crippen LogP) is 7.30. The maximum absolute atomic E-state index is 5.85. The number of rotatable bonds is 2. The number of hydrogen-bond acceptors (Lipinski definition) is 4. The maximum Gasteiger partial charge on any atom is 0.265 e. The molecule has 4 aromatic rings. The summed E-state index contributed by atoms with van der Waals surface area (Å²) in [6.07, 6.45) is -0.257. The molecule has 2 aliphatic rings. The number of para-hydroxylation sites is 2. The van der Waals surface area contributed by atoms with Crippen molar-refractivity contribution in [3.8, 4) is 33.8 Å². The molecule has 6 rings (SSSR count). The van der Waals surface area contributed by atoms with Crippen LogP contribution in [-0.4, -0.2) is 14.2 Å². The minimum Gasteiger partial charge on any atom is -0.460 e. The van der Waals surface area contributed by atoms with Gasteiger partial charge in [0, 0.05) is 25.3 Å².